The quantitative estimate of drug-likeness (QED) is 0.897. The fraction of sp³-hybridized carbons (Fsp3) is 0.381. The number of ether oxygens (including phenoxy) is 2. The van der Waals surface area contributed by atoms with Gasteiger partial charge in [0.1, 0.15) is 28.2 Å². The van der Waals surface area contributed by atoms with E-state index >= 15 is 0 Å². The Morgan fingerprint density at radius 2 is 2.00 bits per heavy atom. The van der Waals surface area contributed by atoms with E-state index in [-0.39, 0.29) is 5.43 Å². The van der Waals surface area contributed by atoms with E-state index in [2.05, 4.69) is 0 Å². The molecule has 0 unspecified atom stereocenters. The molecule has 5 nitrogen and oxygen atoms in total. The van der Waals surface area contributed by atoms with Gasteiger partial charge in [0, 0.05) is 6.07 Å². The molecule has 2 aromatic rings. The Morgan fingerprint density at radius 3 is 2.62 bits per heavy atom. The Morgan fingerprint density at radius 1 is 1.31 bits per heavy atom. The third-order valence-corrected chi connectivity index (χ3v) is 4.15. The second kappa shape index (κ2) is 6.02. The van der Waals surface area contributed by atoms with Gasteiger partial charge < -0.3 is 19.0 Å². The van der Waals surface area contributed by atoms with Crippen molar-refractivity contribution in [3.8, 4) is 11.5 Å². The van der Waals surface area contributed by atoms with Crippen LogP contribution in [0.15, 0.2) is 27.4 Å². The highest BCUT2D eigenvalue weighted by atomic mass is 16.5. The first-order valence-electron chi connectivity index (χ1n) is 8.51. The number of hydrogen-bond donors (Lipinski definition) is 1. The van der Waals surface area contributed by atoms with Gasteiger partial charge in [0.2, 0.25) is 0 Å². The van der Waals surface area contributed by atoms with E-state index < -0.39 is 11.2 Å². The van der Waals surface area contributed by atoms with Crippen molar-refractivity contribution in [2.24, 2.45) is 0 Å². The summed E-state index contributed by atoms with van der Waals surface area (Å²) in [6.07, 6.45) is 7.20. The summed E-state index contributed by atoms with van der Waals surface area (Å²) in [6.45, 7) is 8.97. The van der Waals surface area contributed by atoms with Crippen molar-refractivity contribution in [3.05, 3.63) is 45.3 Å². The zero-order chi connectivity index (χ0) is 19.3. The van der Waals surface area contributed by atoms with Gasteiger partial charge in [-0.2, -0.15) is 0 Å². The van der Waals surface area contributed by atoms with Crippen molar-refractivity contribution in [3.63, 3.8) is 0 Å². The van der Waals surface area contributed by atoms with Crippen LogP contribution in [-0.2, 0) is 0 Å². The molecule has 138 valence electrons. The van der Waals surface area contributed by atoms with Gasteiger partial charge in [-0.1, -0.05) is 6.08 Å². The molecule has 1 aliphatic heterocycles. The van der Waals surface area contributed by atoms with Crippen molar-refractivity contribution in [1.29, 1.82) is 0 Å². The number of aliphatic hydroxyl groups is 1. The van der Waals surface area contributed by atoms with Gasteiger partial charge >= 0.3 is 0 Å². The van der Waals surface area contributed by atoms with E-state index in [4.69, 9.17) is 13.9 Å². The van der Waals surface area contributed by atoms with E-state index in [1.807, 2.05) is 26.0 Å². The van der Waals surface area contributed by atoms with Crippen LogP contribution in [0.25, 0.3) is 23.1 Å². The predicted octanol–water partition coefficient (Wildman–Crippen LogP) is 4.08. The first kappa shape index (κ1) is 18.3. The number of aryl methyl sites for hydroxylation is 1. The number of fused-ring (bicyclic) bond motifs is 3. The van der Waals surface area contributed by atoms with E-state index in [1.54, 1.807) is 32.9 Å². The monoisotopic (exact) mass is 356 g/mol. The minimum Gasteiger partial charge on any atom is -0.495 e. The smallest absolute Gasteiger partial charge is 0.196 e. The Kier molecular flexibility index (Phi) is 4.23. The predicted molar refractivity (Wildman–Crippen MR) is 103 cm³/mol. The molecule has 0 bridgehead atoms. The second-order valence-corrected chi connectivity index (χ2v) is 7.64. The molecule has 1 aromatic heterocycles. The fourth-order valence-corrected chi connectivity index (χ4v) is 2.99. The Balaban J connectivity index is 2.47. The van der Waals surface area contributed by atoms with Gasteiger partial charge in [0.15, 0.2) is 11.0 Å². The van der Waals surface area contributed by atoms with Crippen LogP contribution in [0.2, 0.25) is 0 Å². The molecular weight excluding hydrogens is 332 g/mol. The highest BCUT2D eigenvalue weighted by Gasteiger charge is 2.30. The molecular formula is C21H24O5. The van der Waals surface area contributed by atoms with Crippen molar-refractivity contribution in [2.45, 2.75) is 45.8 Å². The average molecular weight is 356 g/mol. The summed E-state index contributed by atoms with van der Waals surface area (Å²) in [6, 6.07) is 1.44. The fourth-order valence-electron chi connectivity index (χ4n) is 2.99. The topological polar surface area (TPSA) is 68.9 Å². The lowest BCUT2D eigenvalue weighted by atomic mass is 9.95. The Hall–Kier alpha value is -2.53. The lowest BCUT2D eigenvalue weighted by molar-refractivity contribution is 0.134. The molecule has 0 amide bonds. The first-order valence-corrected chi connectivity index (χ1v) is 8.51. The molecule has 1 N–H and O–H groups in total. The molecule has 0 spiro atoms. The molecule has 0 saturated heterocycles. The van der Waals surface area contributed by atoms with Gasteiger partial charge in [-0.15, -0.1) is 0 Å². The summed E-state index contributed by atoms with van der Waals surface area (Å²) in [5, 5.41) is 10.5. The molecule has 5 heteroatoms. The van der Waals surface area contributed by atoms with E-state index in [1.165, 1.54) is 13.2 Å². The SMILES string of the molecule is COc1c(/C=C/C(C)(C)O)c2c(c3oc(C)cc(=O)c13)C=CC(C)(C)O2. The summed E-state index contributed by atoms with van der Waals surface area (Å²) < 4.78 is 17.6. The normalized spacial score (nSPS) is 16.0. The highest BCUT2D eigenvalue weighted by molar-refractivity contribution is 5.98. The maximum atomic E-state index is 12.7. The lowest BCUT2D eigenvalue weighted by Gasteiger charge is -2.30. The third kappa shape index (κ3) is 3.27. The summed E-state index contributed by atoms with van der Waals surface area (Å²) in [5.41, 5.74) is 0.00776. The molecule has 3 rings (SSSR count). The van der Waals surface area contributed by atoms with Crippen molar-refractivity contribution < 1.29 is 19.0 Å². The van der Waals surface area contributed by atoms with Crippen LogP contribution in [0.1, 0.15) is 44.6 Å². The van der Waals surface area contributed by atoms with Gasteiger partial charge in [-0.25, -0.2) is 0 Å². The first-order chi connectivity index (χ1) is 12.0. The van der Waals surface area contributed by atoms with Crippen molar-refractivity contribution in [1.82, 2.24) is 0 Å². The largest absolute Gasteiger partial charge is 0.495 e. The zero-order valence-electron chi connectivity index (χ0n) is 16.0. The minimum atomic E-state index is -1.02. The van der Waals surface area contributed by atoms with Crippen molar-refractivity contribution in [2.75, 3.05) is 7.11 Å². The second-order valence-electron chi connectivity index (χ2n) is 7.64. The maximum absolute atomic E-state index is 12.7. The molecule has 0 aliphatic carbocycles. The highest BCUT2D eigenvalue weighted by Crippen LogP contribution is 2.45. The summed E-state index contributed by atoms with van der Waals surface area (Å²) in [5.74, 6) is 1.46. The molecule has 1 aliphatic rings. The van der Waals surface area contributed by atoms with Gasteiger partial charge in [0.25, 0.3) is 0 Å². The van der Waals surface area contributed by atoms with E-state index in [0.29, 0.717) is 39.4 Å². The number of benzene rings is 1. The van der Waals surface area contributed by atoms with Crippen LogP contribution in [0.3, 0.4) is 0 Å². The Bertz CT molecular complexity index is 984. The average Bonchev–Trinajstić information content (AvgIpc) is 2.50. The maximum Gasteiger partial charge on any atom is 0.196 e. The standard InChI is InChI=1S/C21H24O5/c1-12-11-15(22)16-18(24-6)13(7-9-20(2,3)23)17-14(19(16)25-12)8-10-21(4,5)26-17/h7-11,23H,1-6H3/b9-7+. The van der Waals surface area contributed by atoms with Crippen LogP contribution in [0, 0.1) is 6.92 Å². The Labute approximate surface area is 152 Å². The molecule has 2 heterocycles. The number of hydrogen-bond acceptors (Lipinski definition) is 5. The lowest BCUT2D eigenvalue weighted by Crippen LogP contribution is -2.28. The van der Waals surface area contributed by atoms with Crippen LogP contribution in [-0.4, -0.2) is 23.4 Å². The van der Waals surface area contributed by atoms with E-state index in [9.17, 15) is 9.90 Å². The summed E-state index contributed by atoms with van der Waals surface area (Å²) in [4.78, 5) is 12.7. The third-order valence-electron chi connectivity index (χ3n) is 4.15. The molecule has 0 saturated carbocycles. The summed E-state index contributed by atoms with van der Waals surface area (Å²) >= 11 is 0. The van der Waals surface area contributed by atoms with Crippen LogP contribution in [0.5, 0.6) is 11.5 Å². The van der Waals surface area contributed by atoms with Gasteiger partial charge in [0.05, 0.1) is 23.8 Å². The minimum absolute atomic E-state index is 0.181. The summed E-state index contributed by atoms with van der Waals surface area (Å²) in [7, 11) is 1.51. The molecule has 1 aromatic carbocycles. The molecule has 0 fully saturated rings. The molecule has 0 radical (unpaired) electrons. The number of methoxy groups -OCH3 is 1. The van der Waals surface area contributed by atoms with Crippen LogP contribution in [0.4, 0.5) is 0 Å². The van der Waals surface area contributed by atoms with Gasteiger partial charge in [-0.3, -0.25) is 4.79 Å². The van der Waals surface area contributed by atoms with Crippen LogP contribution >= 0.6 is 0 Å². The van der Waals surface area contributed by atoms with E-state index in [0.717, 1.165) is 0 Å². The van der Waals surface area contributed by atoms with Crippen LogP contribution < -0.4 is 14.9 Å². The van der Waals surface area contributed by atoms with Crippen molar-refractivity contribution >= 4 is 23.1 Å². The zero-order valence-corrected chi connectivity index (χ0v) is 16.0. The molecule has 0 atom stereocenters. The number of rotatable bonds is 3. The van der Waals surface area contributed by atoms with Gasteiger partial charge in [-0.05, 0) is 52.8 Å². The molecule has 26 heavy (non-hydrogen) atoms.